The lowest BCUT2D eigenvalue weighted by atomic mass is 9.48. The van der Waals surface area contributed by atoms with Crippen molar-refractivity contribution in [3.05, 3.63) is 47.0 Å². The van der Waals surface area contributed by atoms with Crippen molar-refractivity contribution in [2.24, 2.45) is 40.4 Å². The molecule has 0 unspecified atom stereocenters. The average Bonchev–Trinajstić information content (AvgIpc) is 3.15. The second kappa shape index (κ2) is 10.6. The minimum Gasteiger partial charge on any atom is -0.459 e. The van der Waals surface area contributed by atoms with Gasteiger partial charge in [0.2, 0.25) is 0 Å². The highest BCUT2D eigenvalue weighted by Crippen LogP contribution is 2.65. The number of aliphatic hydroxyl groups excluding tert-OH is 1. The molecule has 0 amide bonds. The van der Waals surface area contributed by atoms with Gasteiger partial charge in [0.15, 0.2) is 5.78 Å². The Bertz CT molecular complexity index is 1070. The summed E-state index contributed by atoms with van der Waals surface area (Å²) < 4.78 is 5.95. The van der Waals surface area contributed by atoms with Crippen LogP contribution in [-0.4, -0.2) is 29.1 Å². The van der Waals surface area contributed by atoms with Gasteiger partial charge in [-0.15, -0.1) is 0 Å². The van der Waals surface area contributed by atoms with Crippen LogP contribution in [-0.2, 0) is 9.53 Å². The molecule has 0 heterocycles. The summed E-state index contributed by atoms with van der Waals surface area (Å²) in [6.07, 6.45) is 9.02. The molecule has 1 aromatic carbocycles. The third-order valence-corrected chi connectivity index (χ3v) is 11.2. The maximum atomic E-state index is 13.7. The highest BCUT2D eigenvalue weighted by Gasteiger charge is 2.60. The number of rotatable bonds is 7. The number of esters is 1. The van der Waals surface area contributed by atoms with Crippen molar-refractivity contribution < 1.29 is 19.4 Å². The smallest absolute Gasteiger partial charge is 0.338 e. The van der Waals surface area contributed by atoms with E-state index >= 15 is 0 Å². The Labute approximate surface area is 229 Å². The molecule has 0 bridgehead atoms. The van der Waals surface area contributed by atoms with Crippen LogP contribution in [0.15, 0.2) is 41.5 Å². The lowest BCUT2D eigenvalue weighted by Gasteiger charge is -2.57. The van der Waals surface area contributed by atoms with Gasteiger partial charge in [-0.2, -0.15) is 0 Å². The highest BCUT2D eigenvalue weighted by atomic mass is 16.5. The number of benzene rings is 1. The van der Waals surface area contributed by atoms with E-state index in [0.29, 0.717) is 41.9 Å². The molecule has 0 saturated heterocycles. The number of carbonyl (C=O) groups excluding carboxylic acids is 2. The number of Topliss-reactive ketones (excluding diaryl/α,β-unsaturated/α-hetero) is 1. The van der Waals surface area contributed by atoms with E-state index in [-0.39, 0.29) is 28.8 Å². The summed E-state index contributed by atoms with van der Waals surface area (Å²) in [5, 5.41) is 11.6. The molecular formula is C34H48O4. The molecular weight excluding hydrogens is 472 g/mol. The summed E-state index contributed by atoms with van der Waals surface area (Å²) in [4.78, 5) is 26.4. The monoisotopic (exact) mass is 520 g/mol. The summed E-state index contributed by atoms with van der Waals surface area (Å²) in [6.45, 7) is 11.6. The van der Waals surface area contributed by atoms with Crippen molar-refractivity contribution in [2.45, 2.75) is 111 Å². The topological polar surface area (TPSA) is 63.6 Å². The minimum atomic E-state index is -0.560. The van der Waals surface area contributed by atoms with Crippen LogP contribution in [0.2, 0.25) is 0 Å². The summed E-state index contributed by atoms with van der Waals surface area (Å²) in [7, 11) is 0. The fourth-order valence-corrected chi connectivity index (χ4v) is 9.07. The molecule has 4 aliphatic rings. The lowest BCUT2D eigenvalue weighted by Crippen LogP contribution is -2.52. The zero-order valence-electron chi connectivity index (χ0n) is 24.2. The Morgan fingerprint density at radius 2 is 1.79 bits per heavy atom. The van der Waals surface area contributed by atoms with Crippen LogP contribution in [0.25, 0.3) is 0 Å². The zero-order chi connectivity index (χ0) is 27.2. The number of aliphatic hydroxyl groups is 1. The first-order valence-corrected chi connectivity index (χ1v) is 15.3. The van der Waals surface area contributed by atoms with E-state index in [1.165, 1.54) is 19.3 Å². The summed E-state index contributed by atoms with van der Waals surface area (Å²) in [6, 6.07) is 9.22. The molecule has 3 saturated carbocycles. The Morgan fingerprint density at radius 1 is 1.05 bits per heavy atom. The quantitative estimate of drug-likeness (QED) is 0.377. The SMILES string of the molecule is CC(C)CCC[C@@H](C)[C@H]1CC(=O)C2=C3[C@H](O)C[C@H]4C[C@@H](OC(=O)c5ccccc5)CC[C@]4(C)[C@H]3CC[C@@]21C. The Hall–Kier alpha value is -1.94. The molecule has 5 rings (SSSR count). The average molecular weight is 521 g/mol. The lowest BCUT2D eigenvalue weighted by molar-refractivity contribution is -0.115. The van der Waals surface area contributed by atoms with Gasteiger partial charge in [0.05, 0.1) is 11.7 Å². The van der Waals surface area contributed by atoms with E-state index in [4.69, 9.17) is 4.74 Å². The van der Waals surface area contributed by atoms with Crippen molar-refractivity contribution >= 4 is 11.8 Å². The molecule has 8 atom stereocenters. The molecule has 4 heteroatoms. The van der Waals surface area contributed by atoms with Crippen LogP contribution in [0.4, 0.5) is 0 Å². The first-order chi connectivity index (χ1) is 18.0. The van der Waals surface area contributed by atoms with Gasteiger partial charge in [-0.25, -0.2) is 4.79 Å². The van der Waals surface area contributed by atoms with Gasteiger partial charge in [0.25, 0.3) is 0 Å². The molecule has 0 spiro atoms. The third kappa shape index (κ3) is 4.80. The molecule has 4 nitrogen and oxygen atoms in total. The Morgan fingerprint density at radius 3 is 2.50 bits per heavy atom. The maximum absolute atomic E-state index is 13.7. The largest absolute Gasteiger partial charge is 0.459 e. The summed E-state index contributed by atoms with van der Waals surface area (Å²) in [5.74, 6) is 2.23. The Balaban J connectivity index is 1.34. The van der Waals surface area contributed by atoms with Crippen molar-refractivity contribution in [1.29, 1.82) is 0 Å². The van der Waals surface area contributed by atoms with Gasteiger partial charge >= 0.3 is 5.97 Å². The number of carbonyl (C=O) groups is 2. The highest BCUT2D eigenvalue weighted by molar-refractivity contribution is 6.01. The molecule has 0 radical (unpaired) electrons. The van der Waals surface area contributed by atoms with Gasteiger partial charge in [-0.05, 0) is 96.7 Å². The number of ether oxygens (including phenoxy) is 1. The van der Waals surface area contributed by atoms with E-state index in [1.807, 2.05) is 18.2 Å². The molecule has 0 aromatic heterocycles. The molecule has 208 valence electrons. The fourth-order valence-electron chi connectivity index (χ4n) is 9.07. The molecule has 3 fully saturated rings. The van der Waals surface area contributed by atoms with Crippen molar-refractivity contribution in [3.8, 4) is 0 Å². The standard InChI is InChI=1S/C34H48O4/c1-21(2)10-9-11-22(3)27-20-29(36)31-30-26(15-17-34(27,31)5)33(4)16-14-25(18-24(33)19-28(30)35)38-32(37)23-12-7-6-8-13-23/h6-8,12-13,21-22,24-28,35H,9-11,14-20H2,1-5H3/t22-,24-,25+,26+,27-,28-,33+,34-/m1/s1. The summed E-state index contributed by atoms with van der Waals surface area (Å²) >= 11 is 0. The van der Waals surface area contributed by atoms with E-state index in [0.717, 1.165) is 49.2 Å². The van der Waals surface area contributed by atoms with Crippen molar-refractivity contribution in [2.75, 3.05) is 0 Å². The molecule has 4 aliphatic carbocycles. The van der Waals surface area contributed by atoms with Crippen molar-refractivity contribution in [1.82, 2.24) is 0 Å². The van der Waals surface area contributed by atoms with Crippen molar-refractivity contribution in [3.63, 3.8) is 0 Å². The third-order valence-electron chi connectivity index (χ3n) is 11.2. The van der Waals surface area contributed by atoms with Gasteiger partial charge in [-0.3, -0.25) is 4.79 Å². The van der Waals surface area contributed by atoms with Gasteiger partial charge in [-0.1, -0.05) is 72.1 Å². The van der Waals surface area contributed by atoms with E-state index in [1.54, 1.807) is 12.1 Å². The number of fused-ring (bicyclic) bond motifs is 4. The number of allylic oxidation sites excluding steroid dienone is 1. The second-order valence-corrected chi connectivity index (χ2v) is 14.0. The first kappa shape index (κ1) is 27.6. The van der Waals surface area contributed by atoms with Crippen LogP contribution in [0.5, 0.6) is 0 Å². The normalized spacial score (nSPS) is 37.4. The fraction of sp³-hybridized carbons (Fsp3) is 0.706. The van der Waals surface area contributed by atoms with Gasteiger partial charge in [0.1, 0.15) is 6.10 Å². The summed E-state index contributed by atoms with van der Waals surface area (Å²) in [5.41, 5.74) is 2.64. The van der Waals surface area contributed by atoms with Crippen LogP contribution >= 0.6 is 0 Å². The number of hydrogen-bond donors (Lipinski definition) is 1. The number of hydrogen-bond acceptors (Lipinski definition) is 4. The first-order valence-electron chi connectivity index (χ1n) is 15.3. The predicted octanol–water partition coefficient (Wildman–Crippen LogP) is 7.55. The molecule has 38 heavy (non-hydrogen) atoms. The Kier molecular flexibility index (Phi) is 7.68. The van der Waals surface area contributed by atoms with E-state index < -0.39 is 6.10 Å². The minimum absolute atomic E-state index is 0.0415. The predicted molar refractivity (Wildman–Crippen MR) is 151 cm³/mol. The zero-order valence-corrected chi connectivity index (χ0v) is 24.2. The van der Waals surface area contributed by atoms with Crippen LogP contribution in [0.3, 0.4) is 0 Å². The number of ketones is 1. The van der Waals surface area contributed by atoms with E-state index in [9.17, 15) is 14.7 Å². The van der Waals surface area contributed by atoms with E-state index in [2.05, 4.69) is 34.6 Å². The van der Waals surface area contributed by atoms with Crippen LogP contribution in [0.1, 0.15) is 109 Å². The molecule has 1 N–H and O–H groups in total. The van der Waals surface area contributed by atoms with Gasteiger partial charge in [0, 0.05) is 12.0 Å². The maximum Gasteiger partial charge on any atom is 0.338 e. The second-order valence-electron chi connectivity index (χ2n) is 14.0. The van der Waals surface area contributed by atoms with Crippen LogP contribution in [0, 0.1) is 40.4 Å². The molecule has 1 aromatic rings. The van der Waals surface area contributed by atoms with Gasteiger partial charge < -0.3 is 9.84 Å². The molecule has 0 aliphatic heterocycles. The van der Waals surface area contributed by atoms with Crippen LogP contribution < -0.4 is 0 Å².